The van der Waals surface area contributed by atoms with Crippen LogP contribution >= 0.6 is 0 Å². The molecule has 2 nitrogen and oxygen atoms in total. The first-order valence-electron chi connectivity index (χ1n) is 5.75. The summed E-state index contributed by atoms with van der Waals surface area (Å²) in [5, 5.41) is 0.472. The molecular formula is C14H16FNO. The van der Waals surface area contributed by atoms with Gasteiger partial charge < -0.3 is 4.98 Å². The molecule has 0 saturated heterocycles. The molecular weight excluding hydrogens is 217 g/mol. The van der Waals surface area contributed by atoms with Gasteiger partial charge in [-0.1, -0.05) is 19.9 Å². The highest BCUT2D eigenvalue weighted by atomic mass is 19.1. The Bertz CT molecular complexity index is 641. The smallest absolute Gasteiger partial charge is 0.193 e. The van der Waals surface area contributed by atoms with Gasteiger partial charge in [0, 0.05) is 11.3 Å². The lowest BCUT2D eigenvalue weighted by Gasteiger charge is -2.12. The summed E-state index contributed by atoms with van der Waals surface area (Å²) in [7, 11) is 0. The third kappa shape index (κ3) is 1.75. The summed E-state index contributed by atoms with van der Waals surface area (Å²) in [6.07, 6.45) is 0. The van der Waals surface area contributed by atoms with E-state index < -0.39 is 0 Å². The molecule has 1 heterocycles. The van der Waals surface area contributed by atoms with E-state index in [0.717, 1.165) is 16.8 Å². The molecule has 1 aromatic heterocycles. The van der Waals surface area contributed by atoms with Crippen molar-refractivity contribution >= 4 is 10.9 Å². The van der Waals surface area contributed by atoms with Gasteiger partial charge in [0.1, 0.15) is 5.82 Å². The summed E-state index contributed by atoms with van der Waals surface area (Å²) in [6.45, 7) is 7.59. The van der Waals surface area contributed by atoms with E-state index in [1.807, 2.05) is 27.7 Å². The number of aryl methyl sites for hydroxylation is 2. The van der Waals surface area contributed by atoms with Crippen LogP contribution in [0.25, 0.3) is 10.9 Å². The number of halogens is 1. The number of aromatic amines is 1. The lowest BCUT2D eigenvalue weighted by molar-refractivity contribution is 0.635. The van der Waals surface area contributed by atoms with Crippen molar-refractivity contribution in [2.24, 2.45) is 0 Å². The Morgan fingerprint density at radius 1 is 1.24 bits per heavy atom. The summed E-state index contributed by atoms with van der Waals surface area (Å²) in [4.78, 5) is 15.4. The maximum absolute atomic E-state index is 13.7. The largest absolute Gasteiger partial charge is 0.356 e. The summed E-state index contributed by atoms with van der Waals surface area (Å²) in [6, 6.07) is 3.04. The van der Waals surface area contributed by atoms with E-state index in [9.17, 15) is 9.18 Å². The van der Waals surface area contributed by atoms with E-state index in [4.69, 9.17) is 0 Å². The van der Waals surface area contributed by atoms with Gasteiger partial charge in [-0.25, -0.2) is 4.39 Å². The van der Waals surface area contributed by atoms with Crippen molar-refractivity contribution in [1.29, 1.82) is 0 Å². The molecule has 0 bridgehead atoms. The lowest BCUT2D eigenvalue weighted by Crippen LogP contribution is -2.16. The maximum Gasteiger partial charge on any atom is 0.193 e. The first-order chi connectivity index (χ1) is 7.93. The Morgan fingerprint density at radius 2 is 1.88 bits per heavy atom. The monoisotopic (exact) mass is 233 g/mol. The van der Waals surface area contributed by atoms with Crippen LogP contribution < -0.4 is 5.43 Å². The van der Waals surface area contributed by atoms with Crippen molar-refractivity contribution < 1.29 is 4.39 Å². The second kappa shape index (κ2) is 3.99. The fourth-order valence-electron chi connectivity index (χ4n) is 2.35. The highest BCUT2D eigenvalue weighted by molar-refractivity contribution is 5.83. The number of hydrogen-bond acceptors (Lipinski definition) is 1. The highest BCUT2D eigenvalue weighted by Crippen LogP contribution is 2.21. The molecule has 1 N–H and O–H groups in total. The van der Waals surface area contributed by atoms with Gasteiger partial charge in [0.05, 0.1) is 10.9 Å². The third-order valence-corrected chi connectivity index (χ3v) is 3.13. The predicted octanol–water partition coefficient (Wildman–Crippen LogP) is 3.41. The summed E-state index contributed by atoms with van der Waals surface area (Å²) in [5.41, 5.74) is 2.57. The van der Waals surface area contributed by atoms with Crippen molar-refractivity contribution in [3.63, 3.8) is 0 Å². The Balaban J connectivity index is 3.03. The standard InChI is InChI=1S/C14H16FNO/c1-7(2)11-9(4)16-13-10(15)6-5-8(3)12(13)14(11)17/h5-7H,1-4H3,(H,16,17). The molecule has 90 valence electrons. The van der Waals surface area contributed by atoms with Crippen molar-refractivity contribution in [3.05, 3.63) is 45.0 Å². The molecule has 2 aromatic rings. The van der Waals surface area contributed by atoms with E-state index in [2.05, 4.69) is 4.98 Å². The van der Waals surface area contributed by atoms with Crippen LogP contribution in [0.2, 0.25) is 0 Å². The first kappa shape index (κ1) is 11.8. The minimum atomic E-state index is -0.374. The molecule has 0 unspecified atom stereocenters. The molecule has 0 atom stereocenters. The van der Waals surface area contributed by atoms with Crippen LogP contribution in [0, 0.1) is 19.7 Å². The van der Waals surface area contributed by atoms with E-state index in [1.165, 1.54) is 6.07 Å². The second-order valence-electron chi connectivity index (χ2n) is 4.76. The highest BCUT2D eigenvalue weighted by Gasteiger charge is 2.15. The average Bonchev–Trinajstić information content (AvgIpc) is 2.22. The van der Waals surface area contributed by atoms with Crippen LogP contribution in [-0.4, -0.2) is 4.98 Å². The molecule has 0 radical (unpaired) electrons. The zero-order valence-corrected chi connectivity index (χ0v) is 10.5. The number of hydrogen-bond donors (Lipinski definition) is 1. The SMILES string of the molecule is Cc1[nH]c2c(F)ccc(C)c2c(=O)c1C(C)C. The van der Waals surface area contributed by atoms with Crippen LogP contribution in [0.5, 0.6) is 0 Å². The fraction of sp³-hybridized carbons (Fsp3) is 0.357. The predicted molar refractivity (Wildman–Crippen MR) is 68.1 cm³/mol. The van der Waals surface area contributed by atoms with Crippen LogP contribution in [0.15, 0.2) is 16.9 Å². The molecule has 0 aliphatic carbocycles. The number of H-pyrrole nitrogens is 1. The molecule has 0 aliphatic heterocycles. The molecule has 0 fully saturated rings. The fourth-order valence-corrected chi connectivity index (χ4v) is 2.35. The van der Waals surface area contributed by atoms with Gasteiger partial charge in [-0.15, -0.1) is 0 Å². The zero-order chi connectivity index (χ0) is 12.7. The van der Waals surface area contributed by atoms with Gasteiger partial charge >= 0.3 is 0 Å². The third-order valence-electron chi connectivity index (χ3n) is 3.13. The van der Waals surface area contributed by atoms with Crippen molar-refractivity contribution in [3.8, 4) is 0 Å². The maximum atomic E-state index is 13.7. The molecule has 2 rings (SSSR count). The Hall–Kier alpha value is -1.64. The van der Waals surface area contributed by atoms with E-state index in [1.54, 1.807) is 6.07 Å². The van der Waals surface area contributed by atoms with E-state index in [-0.39, 0.29) is 17.2 Å². The molecule has 0 amide bonds. The van der Waals surface area contributed by atoms with Crippen LogP contribution in [0.3, 0.4) is 0 Å². The van der Waals surface area contributed by atoms with Crippen molar-refractivity contribution in [2.75, 3.05) is 0 Å². The number of aromatic nitrogens is 1. The number of fused-ring (bicyclic) bond motifs is 1. The van der Waals surface area contributed by atoms with Crippen LogP contribution in [0.4, 0.5) is 4.39 Å². The normalized spacial score (nSPS) is 11.4. The first-order valence-corrected chi connectivity index (χ1v) is 5.75. The van der Waals surface area contributed by atoms with Gasteiger partial charge in [-0.3, -0.25) is 4.79 Å². The quantitative estimate of drug-likeness (QED) is 0.804. The topological polar surface area (TPSA) is 32.9 Å². The van der Waals surface area contributed by atoms with Crippen LogP contribution in [-0.2, 0) is 0 Å². The van der Waals surface area contributed by atoms with Gasteiger partial charge in [-0.2, -0.15) is 0 Å². The molecule has 1 aromatic carbocycles. The Morgan fingerprint density at radius 3 is 2.47 bits per heavy atom. The van der Waals surface area contributed by atoms with Crippen LogP contribution in [0.1, 0.15) is 36.6 Å². The molecule has 0 aliphatic rings. The van der Waals surface area contributed by atoms with Gasteiger partial charge in [-0.05, 0) is 31.4 Å². The van der Waals surface area contributed by atoms with Crippen molar-refractivity contribution in [2.45, 2.75) is 33.6 Å². The second-order valence-corrected chi connectivity index (χ2v) is 4.76. The number of pyridine rings is 1. The zero-order valence-electron chi connectivity index (χ0n) is 10.5. The lowest BCUT2D eigenvalue weighted by atomic mass is 9.97. The molecule has 3 heteroatoms. The minimum Gasteiger partial charge on any atom is -0.356 e. The van der Waals surface area contributed by atoms with Gasteiger partial charge in [0.15, 0.2) is 5.43 Å². The van der Waals surface area contributed by atoms with E-state index >= 15 is 0 Å². The summed E-state index contributed by atoms with van der Waals surface area (Å²) in [5.74, 6) is -0.244. The number of nitrogens with one attached hydrogen (secondary N) is 1. The van der Waals surface area contributed by atoms with Gasteiger partial charge in [0.25, 0.3) is 0 Å². The number of rotatable bonds is 1. The molecule has 17 heavy (non-hydrogen) atoms. The van der Waals surface area contributed by atoms with E-state index in [0.29, 0.717) is 10.9 Å². The average molecular weight is 233 g/mol. The minimum absolute atomic E-state index is 0.0525. The van der Waals surface area contributed by atoms with Crippen molar-refractivity contribution in [1.82, 2.24) is 4.98 Å². The summed E-state index contributed by atoms with van der Waals surface area (Å²) < 4.78 is 13.7. The Labute approximate surface area is 99.5 Å². The number of benzene rings is 1. The van der Waals surface area contributed by atoms with Gasteiger partial charge in [0.2, 0.25) is 0 Å². The molecule has 0 spiro atoms. The molecule has 0 saturated carbocycles. The Kier molecular flexibility index (Phi) is 2.77. The summed E-state index contributed by atoms with van der Waals surface area (Å²) >= 11 is 0.